The van der Waals surface area contributed by atoms with Crippen LogP contribution in [0.25, 0.3) is 11.1 Å². The summed E-state index contributed by atoms with van der Waals surface area (Å²) in [6, 6.07) is 9.27. The fraction of sp³-hybridized carbons (Fsp3) is 0.0769. The predicted octanol–water partition coefficient (Wildman–Crippen LogP) is 4.59. The van der Waals surface area contributed by atoms with Crippen molar-refractivity contribution in [3.05, 3.63) is 58.6 Å². The van der Waals surface area contributed by atoms with Gasteiger partial charge in [-0.2, -0.15) is 0 Å². The highest BCUT2D eigenvalue weighted by molar-refractivity contribution is 6.31. The lowest BCUT2D eigenvalue weighted by Gasteiger charge is -2.08. The summed E-state index contributed by atoms with van der Waals surface area (Å²) in [5, 5.41) is 0.543. The molecular weight excluding hydrogens is 230 g/mol. The van der Waals surface area contributed by atoms with Crippen LogP contribution in [0.15, 0.2) is 36.4 Å². The highest BCUT2D eigenvalue weighted by Gasteiger charge is 2.12. The maximum Gasteiger partial charge on any atom is 0.166 e. The molecular formula is C13H9ClF2. The van der Waals surface area contributed by atoms with Gasteiger partial charge in [0.15, 0.2) is 11.6 Å². The molecule has 0 amide bonds. The van der Waals surface area contributed by atoms with Gasteiger partial charge in [-0.3, -0.25) is 0 Å². The Morgan fingerprint density at radius 2 is 1.56 bits per heavy atom. The highest BCUT2D eigenvalue weighted by atomic mass is 35.5. The van der Waals surface area contributed by atoms with Gasteiger partial charge in [0, 0.05) is 10.6 Å². The maximum atomic E-state index is 13.6. The van der Waals surface area contributed by atoms with E-state index in [2.05, 4.69) is 0 Å². The third kappa shape index (κ3) is 1.81. The Bertz CT molecular complexity index is 486. The number of rotatable bonds is 1. The van der Waals surface area contributed by atoms with Crippen LogP contribution in [-0.2, 0) is 0 Å². The van der Waals surface area contributed by atoms with E-state index in [0.29, 0.717) is 10.6 Å². The third-order valence-corrected chi connectivity index (χ3v) is 2.92. The quantitative estimate of drug-likeness (QED) is 0.682. The number of halogens is 3. The van der Waals surface area contributed by atoms with E-state index in [1.54, 1.807) is 25.1 Å². The number of benzene rings is 2. The molecule has 2 rings (SSSR count). The summed E-state index contributed by atoms with van der Waals surface area (Å²) in [6.07, 6.45) is 0. The van der Waals surface area contributed by atoms with Crippen LogP contribution in [-0.4, -0.2) is 0 Å². The fourth-order valence-corrected chi connectivity index (χ4v) is 1.79. The second-order valence-electron chi connectivity index (χ2n) is 3.51. The van der Waals surface area contributed by atoms with Gasteiger partial charge >= 0.3 is 0 Å². The standard InChI is InChI=1S/C13H9ClF2/c1-8-9(4-2-6-11(8)14)10-5-3-7-12(15)13(10)16/h2-7H,1H3. The molecule has 0 aliphatic rings. The molecule has 16 heavy (non-hydrogen) atoms. The predicted molar refractivity (Wildman–Crippen MR) is 61.5 cm³/mol. The van der Waals surface area contributed by atoms with Crippen LogP contribution in [0.4, 0.5) is 8.78 Å². The molecule has 82 valence electrons. The normalized spacial score (nSPS) is 10.5. The van der Waals surface area contributed by atoms with Crippen molar-refractivity contribution in [3.8, 4) is 11.1 Å². The molecule has 0 saturated heterocycles. The lowest BCUT2D eigenvalue weighted by molar-refractivity contribution is 0.511. The average Bonchev–Trinajstić information content (AvgIpc) is 2.27. The summed E-state index contributed by atoms with van der Waals surface area (Å²) in [4.78, 5) is 0. The van der Waals surface area contributed by atoms with E-state index in [1.165, 1.54) is 12.1 Å². The van der Waals surface area contributed by atoms with E-state index in [0.717, 1.165) is 11.6 Å². The summed E-state index contributed by atoms with van der Waals surface area (Å²) >= 11 is 5.94. The van der Waals surface area contributed by atoms with Crippen molar-refractivity contribution in [2.75, 3.05) is 0 Å². The second-order valence-corrected chi connectivity index (χ2v) is 3.92. The lowest BCUT2D eigenvalue weighted by Crippen LogP contribution is -1.91. The fourth-order valence-electron chi connectivity index (χ4n) is 1.61. The first kappa shape index (κ1) is 11.1. The zero-order valence-corrected chi connectivity index (χ0v) is 9.35. The molecule has 0 aromatic heterocycles. The summed E-state index contributed by atoms with van der Waals surface area (Å²) in [7, 11) is 0. The third-order valence-electron chi connectivity index (χ3n) is 2.51. The molecule has 0 aliphatic heterocycles. The monoisotopic (exact) mass is 238 g/mol. The van der Waals surface area contributed by atoms with Crippen molar-refractivity contribution < 1.29 is 8.78 Å². The lowest BCUT2D eigenvalue weighted by atomic mass is 10.00. The van der Waals surface area contributed by atoms with Crippen molar-refractivity contribution in [2.45, 2.75) is 6.92 Å². The molecule has 0 atom stereocenters. The molecule has 0 radical (unpaired) electrons. The van der Waals surface area contributed by atoms with Crippen molar-refractivity contribution in [2.24, 2.45) is 0 Å². The first-order chi connectivity index (χ1) is 7.61. The molecule has 2 aromatic rings. The minimum atomic E-state index is -0.850. The van der Waals surface area contributed by atoms with Crippen LogP contribution < -0.4 is 0 Å². The van der Waals surface area contributed by atoms with Crippen molar-refractivity contribution in [1.29, 1.82) is 0 Å². The Kier molecular flexibility index (Phi) is 2.92. The van der Waals surface area contributed by atoms with E-state index < -0.39 is 11.6 Å². The Hall–Kier alpha value is -1.41. The molecule has 3 heteroatoms. The smallest absolute Gasteiger partial charge is 0.166 e. The molecule has 0 nitrogen and oxygen atoms in total. The van der Waals surface area contributed by atoms with Gasteiger partial charge in [0.2, 0.25) is 0 Å². The molecule has 0 heterocycles. The minimum absolute atomic E-state index is 0.236. The molecule has 0 N–H and O–H groups in total. The van der Waals surface area contributed by atoms with Crippen LogP contribution in [0.5, 0.6) is 0 Å². The molecule has 0 spiro atoms. The number of hydrogen-bond acceptors (Lipinski definition) is 0. The van der Waals surface area contributed by atoms with E-state index in [-0.39, 0.29) is 5.56 Å². The van der Waals surface area contributed by atoms with Crippen LogP contribution in [0.2, 0.25) is 5.02 Å². The zero-order valence-electron chi connectivity index (χ0n) is 8.60. The first-order valence-corrected chi connectivity index (χ1v) is 5.18. The van der Waals surface area contributed by atoms with Crippen molar-refractivity contribution in [3.63, 3.8) is 0 Å². The Labute approximate surface area is 97.5 Å². The van der Waals surface area contributed by atoms with Crippen LogP contribution >= 0.6 is 11.6 Å². The topological polar surface area (TPSA) is 0 Å². The van der Waals surface area contributed by atoms with E-state index in [1.807, 2.05) is 0 Å². The molecule has 0 fully saturated rings. The van der Waals surface area contributed by atoms with Gasteiger partial charge in [-0.1, -0.05) is 35.9 Å². The largest absolute Gasteiger partial charge is 0.204 e. The maximum absolute atomic E-state index is 13.6. The second kappa shape index (κ2) is 4.22. The number of hydrogen-bond donors (Lipinski definition) is 0. The summed E-state index contributed by atoms with van der Waals surface area (Å²) < 4.78 is 26.7. The molecule has 0 bridgehead atoms. The molecule has 0 aliphatic carbocycles. The minimum Gasteiger partial charge on any atom is -0.204 e. The van der Waals surface area contributed by atoms with E-state index in [9.17, 15) is 8.78 Å². The molecule has 2 aromatic carbocycles. The van der Waals surface area contributed by atoms with Crippen molar-refractivity contribution >= 4 is 11.6 Å². The van der Waals surface area contributed by atoms with Gasteiger partial charge in [0.05, 0.1) is 0 Å². The Morgan fingerprint density at radius 3 is 2.31 bits per heavy atom. The Morgan fingerprint density at radius 1 is 0.938 bits per heavy atom. The first-order valence-electron chi connectivity index (χ1n) is 4.80. The molecule has 0 unspecified atom stereocenters. The zero-order chi connectivity index (χ0) is 11.7. The van der Waals surface area contributed by atoms with Gasteiger partial charge < -0.3 is 0 Å². The summed E-state index contributed by atoms with van der Waals surface area (Å²) in [6.45, 7) is 1.78. The van der Waals surface area contributed by atoms with Crippen LogP contribution in [0.1, 0.15) is 5.56 Å². The highest BCUT2D eigenvalue weighted by Crippen LogP contribution is 2.30. The van der Waals surface area contributed by atoms with Gasteiger partial charge in [0.25, 0.3) is 0 Å². The SMILES string of the molecule is Cc1c(Cl)cccc1-c1cccc(F)c1F. The summed E-state index contributed by atoms with van der Waals surface area (Å²) in [5.41, 5.74) is 1.60. The average molecular weight is 239 g/mol. The van der Waals surface area contributed by atoms with E-state index in [4.69, 9.17) is 11.6 Å². The van der Waals surface area contributed by atoms with Gasteiger partial charge in [-0.25, -0.2) is 8.78 Å². The van der Waals surface area contributed by atoms with Crippen LogP contribution in [0.3, 0.4) is 0 Å². The summed E-state index contributed by atoms with van der Waals surface area (Å²) in [5.74, 6) is -1.69. The van der Waals surface area contributed by atoms with Crippen LogP contribution in [0, 0.1) is 18.6 Å². The van der Waals surface area contributed by atoms with Gasteiger partial charge in [0.1, 0.15) is 0 Å². The van der Waals surface area contributed by atoms with Gasteiger partial charge in [-0.15, -0.1) is 0 Å². The van der Waals surface area contributed by atoms with Crippen molar-refractivity contribution in [1.82, 2.24) is 0 Å². The van der Waals surface area contributed by atoms with Gasteiger partial charge in [-0.05, 0) is 30.2 Å². The van der Waals surface area contributed by atoms with E-state index >= 15 is 0 Å². The Balaban J connectivity index is 2.68. The molecule has 0 saturated carbocycles.